The fourth-order valence-corrected chi connectivity index (χ4v) is 4.44. The molecule has 0 bridgehead atoms. The van der Waals surface area contributed by atoms with Gasteiger partial charge in [-0.15, -0.1) is 11.3 Å². The van der Waals surface area contributed by atoms with Gasteiger partial charge in [0.15, 0.2) is 0 Å². The van der Waals surface area contributed by atoms with Crippen LogP contribution in [0.1, 0.15) is 56.5 Å². The third kappa shape index (κ3) is 3.97. The van der Waals surface area contributed by atoms with Gasteiger partial charge in [0.1, 0.15) is 5.00 Å². The summed E-state index contributed by atoms with van der Waals surface area (Å²) in [4.78, 5) is 26.3. The van der Waals surface area contributed by atoms with Gasteiger partial charge in [-0.2, -0.15) is 0 Å². The predicted molar refractivity (Wildman–Crippen MR) is 102 cm³/mol. The number of anilines is 1. The zero-order valence-electron chi connectivity index (χ0n) is 15.1. The van der Waals surface area contributed by atoms with Crippen molar-refractivity contribution in [2.75, 3.05) is 19.0 Å². The summed E-state index contributed by atoms with van der Waals surface area (Å²) < 4.78 is 10.3. The summed E-state index contributed by atoms with van der Waals surface area (Å²) in [5, 5.41) is 3.52. The summed E-state index contributed by atoms with van der Waals surface area (Å²) in [7, 11) is 1.64. The molecule has 1 heterocycles. The summed E-state index contributed by atoms with van der Waals surface area (Å²) in [6, 6.07) is 7.26. The molecule has 3 rings (SSSR count). The van der Waals surface area contributed by atoms with E-state index >= 15 is 0 Å². The van der Waals surface area contributed by atoms with Crippen molar-refractivity contribution < 1.29 is 19.1 Å². The van der Waals surface area contributed by atoms with Crippen LogP contribution in [-0.2, 0) is 28.9 Å². The molecule has 0 aliphatic heterocycles. The molecule has 138 valence electrons. The number of ether oxygens (including phenoxy) is 2. The Morgan fingerprint density at radius 3 is 2.58 bits per heavy atom. The largest absolute Gasteiger partial charge is 0.462 e. The highest BCUT2D eigenvalue weighted by molar-refractivity contribution is 7.17. The van der Waals surface area contributed by atoms with Crippen molar-refractivity contribution in [3.63, 3.8) is 0 Å². The van der Waals surface area contributed by atoms with Gasteiger partial charge in [0, 0.05) is 17.6 Å². The molecular formula is C20H23NO4S. The maximum Gasteiger partial charge on any atom is 0.341 e. The lowest BCUT2D eigenvalue weighted by atomic mass is 9.95. The second kappa shape index (κ2) is 8.47. The Kier molecular flexibility index (Phi) is 6.06. The molecule has 5 nitrogen and oxygen atoms in total. The zero-order valence-corrected chi connectivity index (χ0v) is 15.9. The number of nitrogens with one attached hydrogen (secondary N) is 1. The van der Waals surface area contributed by atoms with Crippen LogP contribution in [0.4, 0.5) is 5.00 Å². The number of methoxy groups -OCH3 is 1. The highest BCUT2D eigenvalue weighted by Crippen LogP contribution is 2.38. The molecule has 6 heteroatoms. The first-order valence-electron chi connectivity index (χ1n) is 8.85. The van der Waals surface area contributed by atoms with Crippen LogP contribution in [0, 0.1) is 0 Å². The minimum atomic E-state index is -0.349. The van der Waals surface area contributed by atoms with Crippen molar-refractivity contribution in [3.8, 4) is 0 Å². The van der Waals surface area contributed by atoms with Crippen molar-refractivity contribution in [2.45, 2.75) is 39.2 Å². The lowest BCUT2D eigenvalue weighted by Crippen LogP contribution is -2.15. The van der Waals surface area contributed by atoms with Crippen molar-refractivity contribution >= 4 is 28.2 Å². The van der Waals surface area contributed by atoms with Crippen molar-refractivity contribution in [2.24, 2.45) is 0 Å². The van der Waals surface area contributed by atoms with Gasteiger partial charge in [0.25, 0.3) is 5.91 Å². The van der Waals surface area contributed by atoms with E-state index in [0.717, 1.165) is 36.8 Å². The molecule has 1 amide bonds. The third-order valence-corrected chi connectivity index (χ3v) is 5.61. The molecular weight excluding hydrogens is 350 g/mol. The molecule has 1 aliphatic rings. The lowest BCUT2D eigenvalue weighted by molar-refractivity contribution is 0.0526. The van der Waals surface area contributed by atoms with Gasteiger partial charge in [-0.3, -0.25) is 4.79 Å². The average Bonchev–Trinajstić information content (AvgIpc) is 3.00. The number of aryl methyl sites for hydroxylation is 1. The molecule has 1 N–H and O–H groups in total. The number of carbonyl (C=O) groups is 2. The van der Waals surface area contributed by atoms with E-state index in [9.17, 15) is 9.59 Å². The molecule has 0 saturated carbocycles. The number of fused-ring (bicyclic) bond motifs is 1. The number of benzene rings is 1. The summed E-state index contributed by atoms with van der Waals surface area (Å²) in [5.41, 5.74) is 3.13. The molecule has 0 radical (unpaired) electrons. The Bertz CT molecular complexity index is 795. The summed E-state index contributed by atoms with van der Waals surface area (Å²) in [6.07, 6.45) is 3.99. The Hall–Kier alpha value is -2.18. The number of esters is 1. The molecule has 2 aromatic rings. The molecule has 1 aromatic heterocycles. The van der Waals surface area contributed by atoms with E-state index in [0.29, 0.717) is 29.3 Å². The fraction of sp³-hybridized carbons (Fsp3) is 0.400. The van der Waals surface area contributed by atoms with Gasteiger partial charge in [0.05, 0.1) is 18.8 Å². The topological polar surface area (TPSA) is 64.6 Å². The van der Waals surface area contributed by atoms with Gasteiger partial charge >= 0.3 is 5.97 Å². The number of thiophene rings is 1. The predicted octanol–water partition coefficient (Wildman–Crippen LogP) is 4.20. The van der Waals surface area contributed by atoms with E-state index in [4.69, 9.17) is 9.47 Å². The molecule has 0 spiro atoms. The minimum Gasteiger partial charge on any atom is -0.462 e. The molecule has 1 aliphatic carbocycles. The van der Waals surface area contributed by atoms with Gasteiger partial charge in [-0.05, 0) is 55.9 Å². The van der Waals surface area contributed by atoms with E-state index in [-0.39, 0.29) is 11.9 Å². The van der Waals surface area contributed by atoms with Crippen molar-refractivity contribution in [1.82, 2.24) is 0 Å². The Morgan fingerprint density at radius 2 is 1.88 bits per heavy atom. The maximum atomic E-state index is 12.6. The van der Waals surface area contributed by atoms with Crippen LogP contribution in [-0.4, -0.2) is 25.6 Å². The van der Waals surface area contributed by atoms with Crippen LogP contribution in [0.25, 0.3) is 0 Å². The summed E-state index contributed by atoms with van der Waals surface area (Å²) in [5.74, 6) is -0.573. The molecule has 0 unspecified atom stereocenters. The first-order valence-corrected chi connectivity index (χ1v) is 9.66. The first kappa shape index (κ1) is 18.6. The van der Waals surface area contributed by atoms with Crippen LogP contribution in [0.3, 0.4) is 0 Å². The van der Waals surface area contributed by atoms with Gasteiger partial charge in [-0.1, -0.05) is 12.1 Å². The van der Waals surface area contributed by atoms with Gasteiger partial charge in [-0.25, -0.2) is 4.79 Å². The standard InChI is InChI=1S/C20H23NO4S/c1-3-25-20(23)17-15-6-4-5-7-16(15)26-19(17)21-18(22)14-10-8-13(9-11-14)12-24-2/h8-11H,3-7,12H2,1-2H3,(H,21,22). The molecule has 0 fully saturated rings. The van der Waals surface area contributed by atoms with Crippen LogP contribution in [0.15, 0.2) is 24.3 Å². The van der Waals surface area contributed by atoms with Crippen molar-refractivity contribution in [3.05, 3.63) is 51.4 Å². The number of carbonyl (C=O) groups excluding carboxylic acids is 2. The molecule has 26 heavy (non-hydrogen) atoms. The Balaban J connectivity index is 1.85. The number of amides is 1. The summed E-state index contributed by atoms with van der Waals surface area (Å²) >= 11 is 1.50. The van der Waals surface area contributed by atoms with Crippen molar-refractivity contribution in [1.29, 1.82) is 0 Å². The Morgan fingerprint density at radius 1 is 1.15 bits per heavy atom. The smallest absolute Gasteiger partial charge is 0.341 e. The Labute approximate surface area is 157 Å². The lowest BCUT2D eigenvalue weighted by Gasteiger charge is -2.12. The second-order valence-corrected chi connectivity index (χ2v) is 7.32. The highest BCUT2D eigenvalue weighted by Gasteiger charge is 2.27. The monoisotopic (exact) mass is 373 g/mol. The van der Waals surface area contributed by atoms with E-state index in [1.807, 2.05) is 12.1 Å². The zero-order chi connectivity index (χ0) is 18.5. The molecule has 0 atom stereocenters. The van der Waals surface area contributed by atoms with Crippen LogP contribution in [0.2, 0.25) is 0 Å². The van der Waals surface area contributed by atoms with Crippen LogP contribution < -0.4 is 5.32 Å². The summed E-state index contributed by atoms with van der Waals surface area (Å²) in [6.45, 7) is 2.61. The third-order valence-electron chi connectivity index (χ3n) is 4.41. The molecule has 1 aromatic carbocycles. The first-order chi connectivity index (χ1) is 12.6. The number of rotatable bonds is 6. The second-order valence-electron chi connectivity index (χ2n) is 6.22. The average molecular weight is 373 g/mol. The number of hydrogen-bond acceptors (Lipinski definition) is 5. The van der Waals surface area contributed by atoms with Gasteiger partial charge in [0.2, 0.25) is 0 Å². The van der Waals surface area contributed by atoms with E-state index in [1.165, 1.54) is 16.2 Å². The van der Waals surface area contributed by atoms with Crippen LogP contribution in [0.5, 0.6) is 0 Å². The highest BCUT2D eigenvalue weighted by atomic mass is 32.1. The SMILES string of the molecule is CCOC(=O)c1c(NC(=O)c2ccc(COC)cc2)sc2c1CCCC2. The number of hydrogen-bond donors (Lipinski definition) is 1. The van der Waals surface area contributed by atoms with Crippen LogP contribution >= 0.6 is 11.3 Å². The van der Waals surface area contributed by atoms with Gasteiger partial charge < -0.3 is 14.8 Å². The quantitative estimate of drug-likeness (QED) is 0.771. The maximum absolute atomic E-state index is 12.6. The van der Waals surface area contributed by atoms with E-state index in [2.05, 4.69) is 5.32 Å². The minimum absolute atomic E-state index is 0.224. The fourth-order valence-electron chi connectivity index (χ4n) is 3.17. The van der Waals surface area contributed by atoms with E-state index in [1.54, 1.807) is 26.2 Å². The van der Waals surface area contributed by atoms with E-state index < -0.39 is 0 Å². The molecule has 0 saturated heterocycles. The normalized spacial score (nSPS) is 13.2.